The Labute approximate surface area is 182 Å². The molecule has 1 aromatic heterocycles. The summed E-state index contributed by atoms with van der Waals surface area (Å²) in [6, 6.07) is 14.3. The number of nitrogens with zero attached hydrogens (tertiary/aromatic N) is 3. The summed E-state index contributed by atoms with van der Waals surface area (Å²) in [4.78, 5) is 16.9. The SMILES string of the molecule is CCOc1cccc(N(CC(=O)NCc2ccccc2-n2ccnc2C)S(C)(=O)=O)c1. The van der Waals surface area contributed by atoms with Crippen molar-refractivity contribution >= 4 is 21.6 Å². The van der Waals surface area contributed by atoms with E-state index >= 15 is 0 Å². The molecule has 0 saturated heterocycles. The highest BCUT2D eigenvalue weighted by Crippen LogP contribution is 2.23. The van der Waals surface area contributed by atoms with Crippen molar-refractivity contribution in [3.63, 3.8) is 0 Å². The van der Waals surface area contributed by atoms with Gasteiger partial charge in [0.25, 0.3) is 0 Å². The van der Waals surface area contributed by atoms with E-state index in [1.807, 2.05) is 48.9 Å². The van der Waals surface area contributed by atoms with Crippen LogP contribution in [0.2, 0.25) is 0 Å². The van der Waals surface area contributed by atoms with Gasteiger partial charge >= 0.3 is 0 Å². The molecule has 0 unspecified atom stereocenters. The summed E-state index contributed by atoms with van der Waals surface area (Å²) in [5, 5.41) is 2.82. The van der Waals surface area contributed by atoms with Crippen LogP contribution in [0.3, 0.4) is 0 Å². The molecule has 3 aromatic rings. The number of carbonyl (C=O) groups excluding carboxylic acids is 1. The van der Waals surface area contributed by atoms with Crippen LogP contribution in [0.5, 0.6) is 5.75 Å². The molecule has 0 radical (unpaired) electrons. The first kappa shape index (κ1) is 22.4. The fourth-order valence-corrected chi connectivity index (χ4v) is 4.05. The van der Waals surface area contributed by atoms with Gasteiger partial charge in [-0.25, -0.2) is 13.4 Å². The highest BCUT2D eigenvalue weighted by atomic mass is 32.2. The van der Waals surface area contributed by atoms with Crippen LogP contribution in [0.15, 0.2) is 60.9 Å². The van der Waals surface area contributed by atoms with Gasteiger partial charge in [-0.15, -0.1) is 0 Å². The van der Waals surface area contributed by atoms with E-state index in [1.165, 1.54) is 0 Å². The maximum Gasteiger partial charge on any atom is 0.241 e. The number of amides is 1. The minimum absolute atomic E-state index is 0.253. The van der Waals surface area contributed by atoms with Crippen molar-refractivity contribution in [2.45, 2.75) is 20.4 Å². The fraction of sp³-hybridized carbons (Fsp3) is 0.273. The molecular weight excluding hydrogens is 416 g/mol. The highest BCUT2D eigenvalue weighted by Gasteiger charge is 2.21. The molecule has 1 amide bonds. The Bertz CT molecular complexity index is 1160. The summed E-state index contributed by atoms with van der Waals surface area (Å²) >= 11 is 0. The molecule has 3 rings (SSSR count). The van der Waals surface area contributed by atoms with Gasteiger partial charge in [0.2, 0.25) is 15.9 Å². The number of nitrogens with one attached hydrogen (secondary N) is 1. The first-order valence-corrected chi connectivity index (χ1v) is 11.7. The van der Waals surface area contributed by atoms with Gasteiger partial charge in [0.1, 0.15) is 18.1 Å². The van der Waals surface area contributed by atoms with E-state index < -0.39 is 15.9 Å². The van der Waals surface area contributed by atoms with E-state index in [4.69, 9.17) is 4.74 Å². The number of ether oxygens (including phenoxy) is 1. The van der Waals surface area contributed by atoms with Crippen LogP contribution < -0.4 is 14.4 Å². The van der Waals surface area contributed by atoms with E-state index in [-0.39, 0.29) is 13.1 Å². The number of carbonyl (C=O) groups is 1. The monoisotopic (exact) mass is 442 g/mol. The van der Waals surface area contributed by atoms with E-state index in [0.717, 1.165) is 27.6 Å². The Morgan fingerprint density at radius 2 is 1.97 bits per heavy atom. The lowest BCUT2D eigenvalue weighted by atomic mass is 10.1. The molecule has 0 spiro atoms. The zero-order valence-electron chi connectivity index (χ0n) is 17.8. The van der Waals surface area contributed by atoms with Gasteiger partial charge in [-0.3, -0.25) is 9.10 Å². The quantitative estimate of drug-likeness (QED) is 0.550. The Balaban J connectivity index is 1.75. The number of rotatable bonds is 9. The van der Waals surface area contributed by atoms with Gasteiger partial charge in [0.15, 0.2) is 0 Å². The maximum absolute atomic E-state index is 12.7. The van der Waals surface area contributed by atoms with Gasteiger partial charge < -0.3 is 14.6 Å². The number of para-hydroxylation sites is 1. The third kappa shape index (κ3) is 5.64. The molecule has 164 valence electrons. The van der Waals surface area contributed by atoms with E-state index in [9.17, 15) is 13.2 Å². The molecule has 0 saturated carbocycles. The second kappa shape index (κ2) is 9.65. The zero-order valence-corrected chi connectivity index (χ0v) is 18.6. The standard InChI is InChI=1S/C22H26N4O4S/c1-4-30-20-10-7-9-19(14-20)26(31(3,28)29)16-22(27)24-15-18-8-5-6-11-21(18)25-13-12-23-17(25)2/h5-14H,4,15-16H2,1-3H3,(H,24,27). The van der Waals surface area contributed by atoms with Gasteiger partial charge in [0.05, 0.1) is 24.2 Å². The lowest BCUT2D eigenvalue weighted by molar-refractivity contribution is -0.119. The van der Waals surface area contributed by atoms with Crippen molar-refractivity contribution in [3.8, 4) is 11.4 Å². The molecule has 0 bridgehead atoms. The molecule has 31 heavy (non-hydrogen) atoms. The molecule has 0 aliphatic heterocycles. The Morgan fingerprint density at radius 1 is 1.19 bits per heavy atom. The second-order valence-electron chi connectivity index (χ2n) is 6.95. The van der Waals surface area contributed by atoms with Crippen LogP contribution in [0.1, 0.15) is 18.3 Å². The fourth-order valence-electron chi connectivity index (χ4n) is 3.20. The van der Waals surface area contributed by atoms with Gasteiger partial charge in [0, 0.05) is 25.0 Å². The number of aryl methyl sites for hydroxylation is 1. The minimum atomic E-state index is -3.67. The van der Waals surface area contributed by atoms with E-state index in [1.54, 1.807) is 30.5 Å². The first-order chi connectivity index (χ1) is 14.8. The number of aromatic nitrogens is 2. The van der Waals surface area contributed by atoms with E-state index in [0.29, 0.717) is 18.0 Å². The van der Waals surface area contributed by atoms with Gasteiger partial charge in [-0.1, -0.05) is 24.3 Å². The average molecular weight is 443 g/mol. The summed E-state index contributed by atoms with van der Waals surface area (Å²) < 4.78 is 33.2. The Kier molecular flexibility index (Phi) is 6.96. The van der Waals surface area contributed by atoms with Crippen molar-refractivity contribution in [2.75, 3.05) is 23.7 Å². The normalized spacial score (nSPS) is 11.2. The van der Waals surface area contributed by atoms with Crippen LogP contribution in [-0.4, -0.2) is 43.3 Å². The predicted molar refractivity (Wildman–Crippen MR) is 120 cm³/mol. The molecule has 0 aliphatic rings. The van der Waals surface area contributed by atoms with Gasteiger partial charge in [-0.05, 0) is 37.6 Å². The molecule has 0 fully saturated rings. The third-order valence-corrected chi connectivity index (χ3v) is 5.80. The Hall–Kier alpha value is -3.33. The summed E-state index contributed by atoms with van der Waals surface area (Å²) in [7, 11) is -3.67. The van der Waals surface area contributed by atoms with Crippen molar-refractivity contribution in [1.29, 1.82) is 0 Å². The van der Waals surface area contributed by atoms with Crippen molar-refractivity contribution in [2.24, 2.45) is 0 Å². The van der Waals surface area contributed by atoms with Crippen molar-refractivity contribution in [1.82, 2.24) is 14.9 Å². The van der Waals surface area contributed by atoms with Crippen LogP contribution >= 0.6 is 0 Å². The third-order valence-electron chi connectivity index (χ3n) is 4.66. The summed E-state index contributed by atoms with van der Waals surface area (Å²) in [6.07, 6.45) is 4.64. The van der Waals surface area contributed by atoms with Gasteiger partial charge in [-0.2, -0.15) is 0 Å². The second-order valence-corrected chi connectivity index (χ2v) is 8.86. The molecule has 1 heterocycles. The lowest BCUT2D eigenvalue weighted by Gasteiger charge is -2.22. The number of sulfonamides is 1. The molecule has 0 atom stereocenters. The molecule has 0 aliphatic carbocycles. The number of anilines is 1. The number of hydrogen-bond acceptors (Lipinski definition) is 5. The smallest absolute Gasteiger partial charge is 0.241 e. The maximum atomic E-state index is 12.7. The topological polar surface area (TPSA) is 93.5 Å². The van der Waals surface area contributed by atoms with Crippen LogP contribution in [0.25, 0.3) is 5.69 Å². The molecule has 1 N–H and O–H groups in total. The highest BCUT2D eigenvalue weighted by molar-refractivity contribution is 7.92. The first-order valence-electron chi connectivity index (χ1n) is 9.85. The molecule has 9 heteroatoms. The Morgan fingerprint density at radius 3 is 2.65 bits per heavy atom. The lowest BCUT2D eigenvalue weighted by Crippen LogP contribution is -2.40. The summed E-state index contributed by atoms with van der Waals surface area (Å²) in [6.45, 7) is 4.12. The zero-order chi connectivity index (χ0) is 22.4. The number of benzene rings is 2. The van der Waals surface area contributed by atoms with Crippen LogP contribution in [0.4, 0.5) is 5.69 Å². The average Bonchev–Trinajstić information content (AvgIpc) is 3.16. The number of hydrogen-bond donors (Lipinski definition) is 1. The predicted octanol–water partition coefficient (Wildman–Crippen LogP) is 2.66. The number of imidazole rings is 1. The largest absolute Gasteiger partial charge is 0.494 e. The summed E-state index contributed by atoms with van der Waals surface area (Å²) in [5.74, 6) is 0.958. The van der Waals surface area contributed by atoms with Crippen LogP contribution in [-0.2, 0) is 21.4 Å². The molecule has 8 nitrogen and oxygen atoms in total. The minimum Gasteiger partial charge on any atom is -0.494 e. The van der Waals surface area contributed by atoms with Crippen LogP contribution in [0, 0.1) is 6.92 Å². The van der Waals surface area contributed by atoms with Crippen molar-refractivity contribution < 1.29 is 17.9 Å². The summed E-state index contributed by atoms with van der Waals surface area (Å²) in [5.41, 5.74) is 2.17. The molecule has 2 aromatic carbocycles. The van der Waals surface area contributed by atoms with Crippen molar-refractivity contribution in [3.05, 3.63) is 72.3 Å². The molecular formula is C22H26N4O4S. The van der Waals surface area contributed by atoms with E-state index in [2.05, 4.69) is 10.3 Å².